The van der Waals surface area contributed by atoms with Gasteiger partial charge in [-0.05, 0) is 60.4 Å². The van der Waals surface area contributed by atoms with Crippen LogP contribution in [0.4, 0.5) is 0 Å². The molecule has 0 saturated carbocycles. The summed E-state index contributed by atoms with van der Waals surface area (Å²) in [5.74, 6) is 0.241. The van der Waals surface area contributed by atoms with E-state index < -0.39 is 10.0 Å². The van der Waals surface area contributed by atoms with Gasteiger partial charge in [0.25, 0.3) is 0 Å². The van der Waals surface area contributed by atoms with Crippen molar-refractivity contribution in [1.29, 1.82) is 0 Å². The van der Waals surface area contributed by atoms with Gasteiger partial charge in [-0.15, -0.1) is 0 Å². The number of sulfonamides is 1. The van der Waals surface area contributed by atoms with E-state index in [0.717, 1.165) is 11.1 Å². The third kappa shape index (κ3) is 5.43. The molecule has 1 saturated heterocycles. The Morgan fingerprint density at radius 3 is 2.24 bits per heavy atom. The molecule has 1 fully saturated rings. The number of amides is 1. The second kappa shape index (κ2) is 10.6. The molecule has 34 heavy (non-hydrogen) atoms. The quantitative estimate of drug-likeness (QED) is 0.514. The van der Waals surface area contributed by atoms with E-state index in [0.29, 0.717) is 36.7 Å². The fraction of sp³-hybridized carbons (Fsp3) is 0.269. The lowest BCUT2D eigenvalue weighted by Gasteiger charge is -2.31. The van der Waals surface area contributed by atoms with E-state index in [-0.39, 0.29) is 22.8 Å². The molecule has 1 aliphatic heterocycles. The first-order valence-corrected chi connectivity index (χ1v) is 13.0. The van der Waals surface area contributed by atoms with E-state index in [4.69, 9.17) is 16.3 Å². The fourth-order valence-corrected chi connectivity index (χ4v) is 5.87. The molecule has 1 unspecified atom stereocenters. The molecule has 3 aromatic rings. The number of hydrogen-bond donors (Lipinski definition) is 1. The molecule has 4 rings (SSSR count). The SMILES string of the molecule is COc1ccc(S(=O)(=O)N2CCC(C(=O)NC(c3ccccc3)c3cccc(Cl)c3)CC2)cc1. The van der Waals surface area contributed by atoms with Crippen molar-refractivity contribution in [2.24, 2.45) is 5.92 Å². The first-order chi connectivity index (χ1) is 16.4. The summed E-state index contributed by atoms with van der Waals surface area (Å²) in [5, 5.41) is 3.77. The van der Waals surface area contributed by atoms with Gasteiger partial charge in [-0.1, -0.05) is 54.1 Å². The van der Waals surface area contributed by atoms with Crippen LogP contribution >= 0.6 is 11.6 Å². The van der Waals surface area contributed by atoms with Gasteiger partial charge in [-0.2, -0.15) is 4.31 Å². The summed E-state index contributed by atoms with van der Waals surface area (Å²) in [6.07, 6.45) is 0.913. The second-order valence-corrected chi connectivity index (χ2v) is 10.6. The topological polar surface area (TPSA) is 75.7 Å². The zero-order valence-corrected chi connectivity index (χ0v) is 20.4. The number of rotatable bonds is 7. The third-order valence-corrected chi connectivity index (χ3v) is 8.27. The van der Waals surface area contributed by atoms with Gasteiger partial charge in [-0.3, -0.25) is 4.79 Å². The minimum atomic E-state index is -3.62. The minimum Gasteiger partial charge on any atom is -0.497 e. The van der Waals surface area contributed by atoms with Gasteiger partial charge in [0.05, 0.1) is 18.0 Å². The summed E-state index contributed by atoms with van der Waals surface area (Å²) < 4.78 is 32.6. The molecule has 178 valence electrons. The van der Waals surface area contributed by atoms with Crippen molar-refractivity contribution in [1.82, 2.24) is 9.62 Å². The van der Waals surface area contributed by atoms with E-state index in [9.17, 15) is 13.2 Å². The maximum atomic E-state index is 13.2. The van der Waals surface area contributed by atoms with Gasteiger partial charge in [0.15, 0.2) is 0 Å². The molecular weight excluding hydrogens is 472 g/mol. The Morgan fingerprint density at radius 2 is 1.62 bits per heavy atom. The van der Waals surface area contributed by atoms with Gasteiger partial charge in [-0.25, -0.2) is 8.42 Å². The van der Waals surface area contributed by atoms with Crippen molar-refractivity contribution in [2.75, 3.05) is 20.2 Å². The first kappa shape index (κ1) is 24.3. The molecule has 1 aliphatic rings. The minimum absolute atomic E-state index is 0.0877. The molecule has 1 atom stereocenters. The zero-order chi connectivity index (χ0) is 24.1. The lowest BCUT2D eigenvalue weighted by molar-refractivity contribution is -0.126. The van der Waals surface area contributed by atoms with Gasteiger partial charge < -0.3 is 10.1 Å². The van der Waals surface area contributed by atoms with E-state index in [1.54, 1.807) is 30.3 Å². The summed E-state index contributed by atoms with van der Waals surface area (Å²) in [6.45, 7) is 0.583. The predicted octanol–water partition coefficient (Wildman–Crippen LogP) is 4.66. The summed E-state index contributed by atoms with van der Waals surface area (Å²) in [5.41, 5.74) is 1.85. The fourth-order valence-electron chi connectivity index (χ4n) is 4.21. The number of halogens is 1. The molecule has 1 amide bonds. The van der Waals surface area contributed by atoms with Crippen LogP contribution in [-0.4, -0.2) is 38.8 Å². The van der Waals surface area contributed by atoms with Gasteiger partial charge in [0.1, 0.15) is 5.75 Å². The summed E-state index contributed by atoms with van der Waals surface area (Å²) in [7, 11) is -2.08. The molecule has 1 N–H and O–H groups in total. The molecular formula is C26H27ClN2O4S. The largest absolute Gasteiger partial charge is 0.497 e. The number of benzene rings is 3. The Bertz CT molecular complexity index is 1230. The summed E-state index contributed by atoms with van der Waals surface area (Å²) in [4.78, 5) is 13.4. The number of nitrogens with one attached hydrogen (secondary N) is 1. The molecule has 0 radical (unpaired) electrons. The molecule has 0 spiro atoms. The molecule has 0 aliphatic carbocycles. The number of piperidine rings is 1. The number of carbonyl (C=O) groups excluding carboxylic acids is 1. The van der Waals surface area contributed by atoms with Crippen molar-refractivity contribution in [3.63, 3.8) is 0 Å². The molecule has 8 heteroatoms. The van der Waals surface area contributed by atoms with Crippen LogP contribution in [0.1, 0.15) is 30.0 Å². The Labute approximate surface area is 205 Å². The van der Waals surface area contributed by atoms with E-state index in [1.165, 1.54) is 11.4 Å². The van der Waals surface area contributed by atoms with Crippen LogP contribution in [0.5, 0.6) is 5.75 Å². The molecule has 3 aromatic carbocycles. The van der Waals surface area contributed by atoms with Gasteiger partial charge >= 0.3 is 0 Å². The highest BCUT2D eigenvalue weighted by atomic mass is 35.5. The lowest BCUT2D eigenvalue weighted by Crippen LogP contribution is -2.43. The number of carbonyl (C=O) groups is 1. The highest BCUT2D eigenvalue weighted by Gasteiger charge is 2.33. The van der Waals surface area contributed by atoms with Crippen LogP contribution in [-0.2, 0) is 14.8 Å². The van der Waals surface area contributed by atoms with Crippen LogP contribution in [0.25, 0.3) is 0 Å². The first-order valence-electron chi connectivity index (χ1n) is 11.1. The van der Waals surface area contributed by atoms with Crippen molar-refractivity contribution in [3.8, 4) is 5.75 Å². The number of methoxy groups -OCH3 is 1. The molecule has 1 heterocycles. The van der Waals surface area contributed by atoms with Gasteiger partial charge in [0, 0.05) is 24.0 Å². The van der Waals surface area contributed by atoms with Crippen LogP contribution in [0, 0.1) is 5.92 Å². The monoisotopic (exact) mass is 498 g/mol. The van der Waals surface area contributed by atoms with E-state index >= 15 is 0 Å². The van der Waals surface area contributed by atoms with Crippen molar-refractivity contribution in [3.05, 3.63) is 95.0 Å². The smallest absolute Gasteiger partial charge is 0.243 e. The second-order valence-electron chi connectivity index (χ2n) is 8.26. The lowest BCUT2D eigenvalue weighted by atomic mass is 9.94. The highest BCUT2D eigenvalue weighted by molar-refractivity contribution is 7.89. The number of ether oxygens (including phenoxy) is 1. The summed E-state index contributed by atoms with van der Waals surface area (Å²) in [6, 6.07) is 23.2. The van der Waals surface area contributed by atoms with E-state index in [2.05, 4.69) is 5.32 Å². The third-order valence-electron chi connectivity index (χ3n) is 6.12. The highest BCUT2D eigenvalue weighted by Crippen LogP contribution is 2.28. The Morgan fingerprint density at radius 1 is 0.971 bits per heavy atom. The number of hydrogen-bond acceptors (Lipinski definition) is 4. The van der Waals surface area contributed by atoms with Crippen LogP contribution < -0.4 is 10.1 Å². The van der Waals surface area contributed by atoms with Crippen molar-refractivity contribution in [2.45, 2.75) is 23.8 Å². The molecule has 0 aromatic heterocycles. The average Bonchev–Trinajstić information content (AvgIpc) is 2.87. The van der Waals surface area contributed by atoms with Crippen molar-refractivity contribution >= 4 is 27.5 Å². The standard InChI is InChI=1S/C26H27ClN2O4S/c1-33-23-10-12-24(13-11-23)34(31,32)29-16-14-20(15-17-29)26(30)28-25(19-6-3-2-4-7-19)21-8-5-9-22(27)18-21/h2-13,18,20,25H,14-17H2,1H3,(H,28,30). The zero-order valence-electron chi connectivity index (χ0n) is 18.9. The summed E-state index contributed by atoms with van der Waals surface area (Å²) >= 11 is 6.21. The number of nitrogens with zero attached hydrogens (tertiary/aromatic N) is 1. The predicted molar refractivity (Wildman–Crippen MR) is 132 cm³/mol. The Kier molecular flexibility index (Phi) is 7.56. The Balaban J connectivity index is 1.44. The van der Waals surface area contributed by atoms with Crippen LogP contribution in [0.2, 0.25) is 5.02 Å². The maximum absolute atomic E-state index is 13.2. The van der Waals surface area contributed by atoms with E-state index in [1.807, 2.05) is 48.5 Å². The normalized spacial score (nSPS) is 16.1. The Hall–Kier alpha value is -2.87. The maximum Gasteiger partial charge on any atom is 0.243 e. The average molecular weight is 499 g/mol. The van der Waals surface area contributed by atoms with Gasteiger partial charge in [0.2, 0.25) is 15.9 Å². The van der Waals surface area contributed by atoms with Crippen LogP contribution in [0.3, 0.4) is 0 Å². The van der Waals surface area contributed by atoms with Crippen molar-refractivity contribution < 1.29 is 17.9 Å². The molecule has 6 nitrogen and oxygen atoms in total. The van der Waals surface area contributed by atoms with Crippen LogP contribution in [0.15, 0.2) is 83.8 Å². The molecule has 0 bridgehead atoms.